The van der Waals surface area contributed by atoms with E-state index in [9.17, 15) is 0 Å². The minimum atomic E-state index is 0.781. The molecule has 3 nitrogen and oxygen atoms in total. The van der Waals surface area contributed by atoms with Crippen LogP contribution in [0, 0.1) is 0 Å². The summed E-state index contributed by atoms with van der Waals surface area (Å²) in [5.74, 6) is 2.42. The van der Waals surface area contributed by atoms with E-state index in [1.54, 1.807) is 7.11 Å². The molecule has 0 unspecified atom stereocenters. The summed E-state index contributed by atoms with van der Waals surface area (Å²) in [6.45, 7) is 4.06. The lowest BCUT2D eigenvalue weighted by Gasteiger charge is -2.09. The van der Waals surface area contributed by atoms with Crippen molar-refractivity contribution in [2.75, 3.05) is 13.7 Å². The van der Waals surface area contributed by atoms with Crippen LogP contribution in [-0.2, 0) is 6.54 Å². The summed E-state index contributed by atoms with van der Waals surface area (Å²) in [7, 11) is 1.65. The minimum Gasteiger partial charge on any atom is -0.497 e. The molecule has 0 aromatic heterocycles. The Balaban J connectivity index is 2.03. The van der Waals surface area contributed by atoms with E-state index in [4.69, 9.17) is 9.47 Å². The molecule has 2 aromatic rings. The Kier molecular flexibility index (Phi) is 5.44. The summed E-state index contributed by atoms with van der Waals surface area (Å²) in [6, 6.07) is 15.7. The molecule has 0 fully saturated rings. The lowest BCUT2D eigenvalue weighted by molar-refractivity contribution is 0.409. The van der Waals surface area contributed by atoms with Gasteiger partial charge in [-0.05, 0) is 42.8 Å². The second kappa shape index (κ2) is 7.56. The Hall–Kier alpha value is -2.00. The summed E-state index contributed by atoms with van der Waals surface area (Å²) < 4.78 is 11.1. The van der Waals surface area contributed by atoms with Gasteiger partial charge in [0.15, 0.2) is 0 Å². The van der Waals surface area contributed by atoms with Gasteiger partial charge in [0.1, 0.15) is 17.2 Å². The number of ether oxygens (including phenoxy) is 2. The molecule has 0 bridgehead atoms. The molecule has 0 aliphatic carbocycles. The second-order valence-corrected chi connectivity index (χ2v) is 4.61. The number of hydrogen-bond acceptors (Lipinski definition) is 3. The number of benzene rings is 2. The van der Waals surface area contributed by atoms with Crippen LogP contribution in [0.5, 0.6) is 17.2 Å². The highest BCUT2D eigenvalue weighted by atomic mass is 16.5. The largest absolute Gasteiger partial charge is 0.497 e. The molecule has 0 saturated heterocycles. The smallest absolute Gasteiger partial charge is 0.131 e. The van der Waals surface area contributed by atoms with E-state index in [-0.39, 0.29) is 0 Å². The Morgan fingerprint density at radius 2 is 1.65 bits per heavy atom. The first-order chi connectivity index (χ1) is 9.81. The van der Waals surface area contributed by atoms with E-state index in [0.717, 1.165) is 36.8 Å². The summed E-state index contributed by atoms with van der Waals surface area (Å²) in [4.78, 5) is 0. The van der Waals surface area contributed by atoms with E-state index < -0.39 is 0 Å². The zero-order valence-electron chi connectivity index (χ0n) is 12.1. The van der Waals surface area contributed by atoms with Crippen LogP contribution < -0.4 is 14.8 Å². The Bertz CT molecular complexity index is 540. The van der Waals surface area contributed by atoms with Gasteiger partial charge in [0.2, 0.25) is 0 Å². The van der Waals surface area contributed by atoms with Crippen LogP contribution in [0.4, 0.5) is 0 Å². The van der Waals surface area contributed by atoms with E-state index in [1.165, 1.54) is 5.56 Å². The predicted molar refractivity (Wildman–Crippen MR) is 81.5 cm³/mol. The Morgan fingerprint density at radius 1 is 0.950 bits per heavy atom. The lowest BCUT2D eigenvalue weighted by atomic mass is 10.2. The topological polar surface area (TPSA) is 30.5 Å². The first-order valence-electron chi connectivity index (χ1n) is 6.93. The van der Waals surface area contributed by atoms with Crippen LogP contribution >= 0.6 is 0 Å². The van der Waals surface area contributed by atoms with Gasteiger partial charge in [0.25, 0.3) is 0 Å². The third-order valence-electron chi connectivity index (χ3n) is 2.93. The van der Waals surface area contributed by atoms with E-state index in [0.29, 0.717) is 0 Å². The van der Waals surface area contributed by atoms with E-state index in [2.05, 4.69) is 24.4 Å². The fraction of sp³-hybridized carbons (Fsp3) is 0.294. The normalized spacial score (nSPS) is 10.3. The Morgan fingerprint density at radius 3 is 2.40 bits per heavy atom. The third kappa shape index (κ3) is 4.28. The van der Waals surface area contributed by atoms with E-state index >= 15 is 0 Å². The third-order valence-corrected chi connectivity index (χ3v) is 2.93. The quantitative estimate of drug-likeness (QED) is 0.772. The van der Waals surface area contributed by atoms with Crippen molar-refractivity contribution in [1.29, 1.82) is 0 Å². The van der Waals surface area contributed by atoms with Crippen molar-refractivity contribution in [2.24, 2.45) is 0 Å². The molecule has 0 atom stereocenters. The summed E-state index contributed by atoms with van der Waals surface area (Å²) in [5.41, 5.74) is 1.22. The maximum atomic E-state index is 5.86. The molecule has 0 aliphatic heterocycles. The summed E-state index contributed by atoms with van der Waals surface area (Å²) in [5, 5.41) is 3.39. The van der Waals surface area contributed by atoms with Crippen molar-refractivity contribution < 1.29 is 9.47 Å². The van der Waals surface area contributed by atoms with E-state index in [1.807, 2.05) is 36.4 Å². The van der Waals surface area contributed by atoms with Gasteiger partial charge in [-0.1, -0.05) is 25.1 Å². The van der Waals surface area contributed by atoms with Crippen molar-refractivity contribution >= 4 is 0 Å². The molecule has 0 amide bonds. The molecule has 0 aliphatic rings. The summed E-state index contributed by atoms with van der Waals surface area (Å²) >= 11 is 0. The Labute approximate surface area is 120 Å². The fourth-order valence-electron chi connectivity index (χ4n) is 1.93. The van der Waals surface area contributed by atoms with Crippen molar-refractivity contribution in [3.63, 3.8) is 0 Å². The fourth-order valence-corrected chi connectivity index (χ4v) is 1.93. The van der Waals surface area contributed by atoms with Crippen LogP contribution in [0.25, 0.3) is 0 Å². The maximum absolute atomic E-state index is 5.86. The molecule has 0 spiro atoms. The van der Waals surface area contributed by atoms with Crippen LogP contribution in [0.15, 0.2) is 48.5 Å². The monoisotopic (exact) mass is 271 g/mol. The van der Waals surface area contributed by atoms with Gasteiger partial charge in [0, 0.05) is 12.6 Å². The number of nitrogens with one attached hydrogen (secondary N) is 1. The SMILES string of the molecule is CCCNCc1cccc(Oc2cccc(OC)c2)c1. The standard InChI is InChI=1S/C17H21NO2/c1-3-10-18-13-14-6-4-8-16(11-14)20-17-9-5-7-15(12-17)19-2/h4-9,11-12,18H,3,10,13H2,1-2H3. The van der Waals surface area contributed by atoms with Crippen LogP contribution in [0.1, 0.15) is 18.9 Å². The summed E-state index contributed by atoms with van der Waals surface area (Å²) in [6.07, 6.45) is 1.14. The van der Waals surface area contributed by atoms with Gasteiger partial charge in [-0.25, -0.2) is 0 Å². The highest BCUT2D eigenvalue weighted by Gasteiger charge is 2.00. The number of hydrogen-bond donors (Lipinski definition) is 1. The van der Waals surface area contributed by atoms with Gasteiger partial charge in [-0.3, -0.25) is 0 Å². The van der Waals surface area contributed by atoms with Crippen molar-refractivity contribution in [3.8, 4) is 17.2 Å². The van der Waals surface area contributed by atoms with Gasteiger partial charge < -0.3 is 14.8 Å². The first kappa shape index (κ1) is 14.4. The predicted octanol–water partition coefficient (Wildman–Crippen LogP) is 3.99. The van der Waals surface area contributed by atoms with Crippen LogP contribution in [0.3, 0.4) is 0 Å². The van der Waals surface area contributed by atoms with Gasteiger partial charge >= 0.3 is 0 Å². The molecule has 1 N–H and O–H groups in total. The molecule has 0 heterocycles. The van der Waals surface area contributed by atoms with Crippen LogP contribution in [0.2, 0.25) is 0 Å². The molecule has 2 rings (SSSR count). The minimum absolute atomic E-state index is 0.781. The number of methoxy groups -OCH3 is 1. The number of rotatable bonds is 7. The highest BCUT2D eigenvalue weighted by Crippen LogP contribution is 2.25. The van der Waals surface area contributed by atoms with Crippen molar-refractivity contribution in [1.82, 2.24) is 5.32 Å². The molecule has 0 saturated carbocycles. The molecular weight excluding hydrogens is 250 g/mol. The lowest BCUT2D eigenvalue weighted by Crippen LogP contribution is -2.13. The first-order valence-corrected chi connectivity index (χ1v) is 6.93. The molecule has 20 heavy (non-hydrogen) atoms. The highest BCUT2D eigenvalue weighted by molar-refractivity contribution is 5.38. The average Bonchev–Trinajstić information content (AvgIpc) is 2.48. The molecular formula is C17H21NO2. The maximum Gasteiger partial charge on any atom is 0.131 e. The molecule has 3 heteroatoms. The van der Waals surface area contributed by atoms with Crippen LogP contribution in [-0.4, -0.2) is 13.7 Å². The molecule has 2 aromatic carbocycles. The molecule has 106 valence electrons. The van der Waals surface area contributed by atoms with Crippen molar-refractivity contribution in [3.05, 3.63) is 54.1 Å². The second-order valence-electron chi connectivity index (χ2n) is 4.61. The zero-order valence-corrected chi connectivity index (χ0v) is 12.1. The van der Waals surface area contributed by atoms with Gasteiger partial charge in [-0.2, -0.15) is 0 Å². The average molecular weight is 271 g/mol. The van der Waals surface area contributed by atoms with Crippen molar-refractivity contribution in [2.45, 2.75) is 19.9 Å². The van der Waals surface area contributed by atoms with Gasteiger partial charge in [-0.15, -0.1) is 0 Å². The van der Waals surface area contributed by atoms with Gasteiger partial charge in [0.05, 0.1) is 7.11 Å². The zero-order chi connectivity index (χ0) is 14.2. The molecule has 0 radical (unpaired) electrons.